The quantitative estimate of drug-likeness (QED) is 0.898. The Balaban J connectivity index is 0.00000109. The summed E-state index contributed by atoms with van der Waals surface area (Å²) in [7, 11) is 1.61. The number of β-amino-alcohol motifs (C(OH)–C–C–N with tert-alkyl or cyclic N) is 1. The van der Waals surface area contributed by atoms with E-state index in [2.05, 4.69) is 0 Å². The zero-order chi connectivity index (χ0) is 18.4. The molecule has 1 unspecified atom stereocenters. The Morgan fingerprint density at radius 1 is 1.20 bits per heavy atom. The topological polar surface area (TPSA) is 70.1 Å². The van der Waals surface area contributed by atoms with Crippen molar-refractivity contribution in [3.8, 4) is 5.75 Å². The molecule has 2 fully saturated rings. The number of amides is 2. The van der Waals surface area contributed by atoms with E-state index in [9.17, 15) is 14.7 Å². The van der Waals surface area contributed by atoms with Gasteiger partial charge in [-0.25, -0.2) is 0 Å². The zero-order valence-electron chi connectivity index (χ0n) is 15.3. The van der Waals surface area contributed by atoms with Crippen LogP contribution in [0.5, 0.6) is 5.75 Å². The average molecular weight is 348 g/mol. The number of hydrogen-bond acceptors (Lipinski definition) is 4. The first-order valence-corrected chi connectivity index (χ1v) is 8.94. The van der Waals surface area contributed by atoms with Crippen LogP contribution < -0.4 is 4.74 Å². The normalized spacial score (nSPS) is 20.5. The van der Waals surface area contributed by atoms with Crippen molar-refractivity contribution in [3.63, 3.8) is 0 Å². The van der Waals surface area contributed by atoms with Gasteiger partial charge in [-0.15, -0.1) is 0 Å². The molecule has 6 nitrogen and oxygen atoms in total. The number of benzene rings is 1. The smallest absolute Gasteiger partial charge is 0.242 e. The predicted octanol–water partition coefficient (Wildman–Crippen LogP) is 1.66. The summed E-state index contributed by atoms with van der Waals surface area (Å²) in [6, 6.07) is 7.49. The highest BCUT2D eigenvalue weighted by Crippen LogP contribution is 2.31. The van der Waals surface area contributed by atoms with Crippen LogP contribution in [-0.4, -0.2) is 59.6 Å². The van der Waals surface area contributed by atoms with Crippen molar-refractivity contribution in [2.45, 2.75) is 39.3 Å². The Morgan fingerprint density at radius 3 is 2.40 bits per heavy atom. The second-order valence-electron chi connectivity index (χ2n) is 6.27. The number of hydrogen-bond donors (Lipinski definition) is 1. The number of carbonyl (C=O) groups is 2. The lowest BCUT2D eigenvalue weighted by Gasteiger charge is -2.22. The summed E-state index contributed by atoms with van der Waals surface area (Å²) in [6.45, 7) is 4.97. The minimum absolute atomic E-state index is 0.00342. The highest BCUT2D eigenvalue weighted by atomic mass is 16.5. The molecular formula is C19H28N2O4. The summed E-state index contributed by atoms with van der Waals surface area (Å²) in [4.78, 5) is 27.7. The number of aliphatic hydroxyl groups excluding tert-OH is 1. The van der Waals surface area contributed by atoms with Crippen LogP contribution in [0.1, 0.15) is 32.3 Å². The van der Waals surface area contributed by atoms with Gasteiger partial charge in [0.1, 0.15) is 5.75 Å². The summed E-state index contributed by atoms with van der Waals surface area (Å²) in [6.07, 6.45) is 1.09. The standard InChI is InChI=1S/C17H22N2O4.C2H6/c1-23-15-6-2-12(3-7-15)8-18-9-14(20)10-19(11-16(18)21)17(22)13-4-5-13;1-2/h2-3,6-7,13-14,20H,4-5,8-11H2,1H3;1-2H3. The van der Waals surface area contributed by atoms with Crippen molar-refractivity contribution < 1.29 is 19.4 Å². The maximum absolute atomic E-state index is 12.4. The lowest BCUT2D eigenvalue weighted by atomic mass is 10.2. The summed E-state index contributed by atoms with van der Waals surface area (Å²) >= 11 is 0. The average Bonchev–Trinajstić information content (AvgIpc) is 3.47. The van der Waals surface area contributed by atoms with Crippen LogP contribution in [0.4, 0.5) is 0 Å². The molecule has 1 atom stereocenters. The van der Waals surface area contributed by atoms with Crippen molar-refractivity contribution in [3.05, 3.63) is 29.8 Å². The summed E-state index contributed by atoms with van der Waals surface area (Å²) in [5, 5.41) is 10.2. The van der Waals surface area contributed by atoms with Crippen LogP contribution in [0.25, 0.3) is 0 Å². The van der Waals surface area contributed by atoms with Gasteiger partial charge in [-0.3, -0.25) is 9.59 Å². The van der Waals surface area contributed by atoms with Gasteiger partial charge < -0.3 is 19.6 Å². The van der Waals surface area contributed by atoms with Crippen LogP contribution in [0.3, 0.4) is 0 Å². The van der Waals surface area contributed by atoms with Crippen molar-refractivity contribution in [2.24, 2.45) is 5.92 Å². The molecule has 138 valence electrons. The molecule has 1 aromatic rings. The molecule has 1 N–H and O–H groups in total. The molecule has 1 saturated heterocycles. The first kappa shape index (κ1) is 19.2. The Kier molecular flexibility index (Phi) is 6.82. The van der Waals surface area contributed by atoms with Crippen LogP contribution in [0.2, 0.25) is 0 Å². The van der Waals surface area contributed by atoms with Gasteiger partial charge in [0, 0.05) is 25.6 Å². The van der Waals surface area contributed by atoms with E-state index < -0.39 is 6.10 Å². The molecule has 25 heavy (non-hydrogen) atoms. The monoisotopic (exact) mass is 348 g/mol. The number of methoxy groups -OCH3 is 1. The largest absolute Gasteiger partial charge is 0.497 e. The van der Waals surface area contributed by atoms with Gasteiger partial charge in [-0.2, -0.15) is 0 Å². The number of rotatable bonds is 4. The maximum Gasteiger partial charge on any atom is 0.242 e. The van der Waals surface area contributed by atoms with Gasteiger partial charge in [-0.05, 0) is 30.5 Å². The van der Waals surface area contributed by atoms with Crippen LogP contribution in [0, 0.1) is 5.92 Å². The van der Waals surface area contributed by atoms with Gasteiger partial charge in [0.05, 0.1) is 19.8 Å². The number of ether oxygens (including phenoxy) is 1. The molecule has 1 saturated carbocycles. The van der Waals surface area contributed by atoms with E-state index in [0.29, 0.717) is 6.54 Å². The molecule has 1 aliphatic carbocycles. The third-order valence-electron chi connectivity index (χ3n) is 4.31. The van der Waals surface area contributed by atoms with Gasteiger partial charge in [0.2, 0.25) is 11.8 Å². The Hall–Kier alpha value is -2.08. The first-order chi connectivity index (χ1) is 12.1. The Morgan fingerprint density at radius 2 is 1.84 bits per heavy atom. The molecule has 2 aliphatic rings. The predicted molar refractivity (Wildman–Crippen MR) is 95.1 cm³/mol. The van der Waals surface area contributed by atoms with E-state index in [-0.39, 0.29) is 37.4 Å². The Bertz CT molecular complexity index is 584. The van der Waals surface area contributed by atoms with E-state index in [1.807, 2.05) is 38.1 Å². The second-order valence-corrected chi connectivity index (χ2v) is 6.27. The third-order valence-corrected chi connectivity index (χ3v) is 4.31. The fourth-order valence-corrected chi connectivity index (χ4v) is 2.86. The highest BCUT2D eigenvalue weighted by molar-refractivity contribution is 5.87. The maximum atomic E-state index is 12.4. The first-order valence-electron chi connectivity index (χ1n) is 8.94. The van der Waals surface area contributed by atoms with Gasteiger partial charge in [-0.1, -0.05) is 26.0 Å². The van der Waals surface area contributed by atoms with Gasteiger partial charge in [0.15, 0.2) is 0 Å². The Labute approximate surface area is 149 Å². The lowest BCUT2D eigenvalue weighted by Crippen LogP contribution is -2.40. The van der Waals surface area contributed by atoms with Gasteiger partial charge >= 0.3 is 0 Å². The minimum atomic E-state index is -0.706. The van der Waals surface area contributed by atoms with Gasteiger partial charge in [0.25, 0.3) is 0 Å². The second kappa shape index (κ2) is 8.85. The zero-order valence-corrected chi connectivity index (χ0v) is 15.3. The van der Waals surface area contributed by atoms with Crippen molar-refractivity contribution >= 4 is 11.8 Å². The summed E-state index contributed by atoms with van der Waals surface area (Å²) in [5.74, 6) is 0.704. The van der Waals surface area contributed by atoms with Crippen molar-refractivity contribution in [1.29, 1.82) is 0 Å². The van der Waals surface area contributed by atoms with E-state index in [0.717, 1.165) is 24.2 Å². The highest BCUT2D eigenvalue weighted by Gasteiger charge is 2.37. The molecule has 0 bridgehead atoms. The molecule has 1 aromatic carbocycles. The summed E-state index contributed by atoms with van der Waals surface area (Å²) < 4.78 is 5.12. The molecule has 2 amide bonds. The molecule has 3 rings (SSSR count). The summed E-state index contributed by atoms with van der Waals surface area (Å²) in [5.41, 5.74) is 0.966. The van der Waals surface area contributed by atoms with E-state index in [1.54, 1.807) is 12.0 Å². The molecule has 6 heteroatoms. The molecule has 1 aliphatic heterocycles. The molecule has 1 heterocycles. The van der Waals surface area contributed by atoms with E-state index in [4.69, 9.17) is 4.74 Å². The number of nitrogens with zero attached hydrogens (tertiary/aromatic N) is 2. The van der Waals surface area contributed by atoms with E-state index >= 15 is 0 Å². The molecule has 0 aromatic heterocycles. The lowest BCUT2D eigenvalue weighted by molar-refractivity contribution is -0.139. The number of aliphatic hydroxyl groups is 1. The SMILES string of the molecule is CC.COc1ccc(CN2CC(O)CN(C(=O)C3CC3)CC2=O)cc1. The number of carbonyl (C=O) groups excluding carboxylic acids is 2. The van der Waals surface area contributed by atoms with E-state index in [1.165, 1.54) is 4.90 Å². The van der Waals surface area contributed by atoms with Crippen LogP contribution >= 0.6 is 0 Å². The fourth-order valence-electron chi connectivity index (χ4n) is 2.86. The van der Waals surface area contributed by atoms with Crippen LogP contribution in [-0.2, 0) is 16.1 Å². The molecular weight excluding hydrogens is 320 g/mol. The van der Waals surface area contributed by atoms with Crippen LogP contribution in [0.15, 0.2) is 24.3 Å². The van der Waals surface area contributed by atoms with Crippen molar-refractivity contribution in [1.82, 2.24) is 9.80 Å². The minimum Gasteiger partial charge on any atom is -0.497 e. The third kappa shape index (κ3) is 5.19. The van der Waals surface area contributed by atoms with Crippen molar-refractivity contribution in [2.75, 3.05) is 26.7 Å². The molecule has 0 radical (unpaired) electrons. The fraction of sp³-hybridized carbons (Fsp3) is 0.579. The molecule has 0 spiro atoms.